The van der Waals surface area contributed by atoms with E-state index in [-0.39, 0.29) is 11.0 Å². The Balaban J connectivity index is 1.34. The number of carbonyl (C=O) groups excluding carboxylic acids is 1. The first-order valence-electron chi connectivity index (χ1n) is 10.9. The van der Waals surface area contributed by atoms with Gasteiger partial charge in [0.2, 0.25) is 0 Å². The number of nitrogens with one attached hydrogen (secondary N) is 1. The molecule has 5 aliphatic carbocycles. The first-order valence-corrected chi connectivity index (χ1v) is 10.9. The molecule has 4 bridgehead atoms. The molecule has 5 saturated carbocycles. The van der Waals surface area contributed by atoms with Crippen LogP contribution in [-0.2, 0) is 4.79 Å². The maximum atomic E-state index is 14.7. The van der Waals surface area contributed by atoms with Crippen LogP contribution in [0.15, 0.2) is 12.1 Å². The van der Waals surface area contributed by atoms with Crippen LogP contribution < -0.4 is 10.1 Å². The van der Waals surface area contributed by atoms with Crippen LogP contribution in [0.3, 0.4) is 0 Å². The molecule has 5 nitrogen and oxygen atoms in total. The minimum atomic E-state index is -1.16. The van der Waals surface area contributed by atoms with E-state index in [0.29, 0.717) is 18.3 Å². The highest BCUT2D eigenvalue weighted by Gasteiger charge is 2.51. The SMILES string of the molecule is O=C(O)CNC(=O)c1cc(C2CC2)c(OCC23CC4CC(CC(C4)C2)C3)cc1F. The summed E-state index contributed by atoms with van der Waals surface area (Å²) in [6.45, 7) is 0.113. The second-order valence-electron chi connectivity index (χ2n) is 9.93. The summed E-state index contributed by atoms with van der Waals surface area (Å²) in [5.74, 6) is 0.872. The molecule has 1 aromatic carbocycles. The molecule has 0 saturated heterocycles. The van der Waals surface area contributed by atoms with Crippen molar-refractivity contribution in [2.45, 2.75) is 57.3 Å². The van der Waals surface area contributed by atoms with E-state index >= 15 is 0 Å². The van der Waals surface area contributed by atoms with Crippen LogP contribution in [-0.4, -0.2) is 30.1 Å². The Bertz CT molecular complexity index is 812. The fourth-order valence-corrected chi connectivity index (χ4v) is 6.53. The quantitative estimate of drug-likeness (QED) is 0.721. The molecule has 1 amide bonds. The lowest BCUT2D eigenvalue weighted by Crippen LogP contribution is -2.48. The van der Waals surface area contributed by atoms with E-state index in [0.717, 1.165) is 36.2 Å². The Kier molecular flexibility index (Phi) is 4.56. The van der Waals surface area contributed by atoms with Gasteiger partial charge in [-0.25, -0.2) is 4.39 Å². The Labute approximate surface area is 170 Å². The number of ether oxygens (including phenoxy) is 1. The maximum Gasteiger partial charge on any atom is 0.322 e. The normalized spacial score (nSPS) is 32.2. The molecule has 6 heteroatoms. The molecule has 156 valence electrons. The minimum Gasteiger partial charge on any atom is -0.493 e. The highest BCUT2D eigenvalue weighted by atomic mass is 19.1. The second kappa shape index (κ2) is 6.99. The van der Waals surface area contributed by atoms with E-state index in [1.807, 2.05) is 0 Å². The molecular weight excluding hydrogens is 373 g/mol. The van der Waals surface area contributed by atoms with Gasteiger partial charge >= 0.3 is 5.97 Å². The summed E-state index contributed by atoms with van der Waals surface area (Å²) in [4.78, 5) is 22.9. The summed E-state index contributed by atoms with van der Waals surface area (Å²) in [5.41, 5.74) is 1.02. The largest absolute Gasteiger partial charge is 0.493 e. The van der Waals surface area contributed by atoms with Gasteiger partial charge in [-0.2, -0.15) is 0 Å². The number of aliphatic carboxylic acids is 1. The molecule has 2 N–H and O–H groups in total. The molecule has 0 spiro atoms. The monoisotopic (exact) mass is 401 g/mol. The van der Waals surface area contributed by atoms with Gasteiger partial charge in [-0.1, -0.05) is 0 Å². The van der Waals surface area contributed by atoms with Crippen molar-refractivity contribution in [2.75, 3.05) is 13.2 Å². The number of amides is 1. The van der Waals surface area contributed by atoms with Crippen LogP contribution in [0.2, 0.25) is 0 Å². The molecule has 0 aromatic heterocycles. The molecule has 0 heterocycles. The standard InChI is InChI=1S/C23H28FNO4/c24-19-7-20(17(16-1-2-16)6-18(19)22(28)25-11-21(26)27)29-12-23-8-13-3-14(9-23)5-15(4-13)10-23/h6-7,13-16H,1-5,8-12H2,(H,25,28)(H,26,27). The molecular formula is C23H28FNO4. The van der Waals surface area contributed by atoms with E-state index < -0.39 is 24.2 Å². The highest BCUT2D eigenvalue weighted by molar-refractivity contribution is 5.96. The fraction of sp³-hybridized carbons (Fsp3) is 0.652. The van der Waals surface area contributed by atoms with Gasteiger partial charge in [-0.3, -0.25) is 9.59 Å². The van der Waals surface area contributed by atoms with Gasteiger partial charge in [0.1, 0.15) is 18.1 Å². The van der Waals surface area contributed by atoms with Crippen molar-refractivity contribution in [1.82, 2.24) is 5.32 Å². The lowest BCUT2D eigenvalue weighted by Gasteiger charge is -2.56. The Hall–Kier alpha value is -2.11. The van der Waals surface area contributed by atoms with Crippen molar-refractivity contribution >= 4 is 11.9 Å². The number of benzene rings is 1. The third kappa shape index (κ3) is 3.74. The van der Waals surface area contributed by atoms with Crippen molar-refractivity contribution in [2.24, 2.45) is 23.2 Å². The van der Waals surface area contributed by atoms with E-state index in [2.05, 4.69) is 5.32 Å². The van der Waals surface area contributed by atoms with Crippen molar-refractivity contribution in [1.29, 1.82) is 0 Å². The molecule has 5 fully saturated rings. The number of carboxylic acids is 1. The number of halogens is 1. The zero-order valence-electron chi connectivity index (χ0n) is 16.6. The average Bonchev–Trinajstić information content (AvgIpc) is 3.48. The Morgan fingerprint density at radius 3 is 2.28 bits per heavy atom. The summed E-state index contributed by atoms with van der Waals surface area (Å²) >= 11 is 0. The van der Waals surface area contributed by atoms with Gasteiger partial charge in [0.25, 0.3) is 5.91 Å². The maximum absolute atomic E-state index is 14.7. The molecule has 0 unspecified atom stereocenters. The molecule has 6 rings (SSSR count). The molecule has 29 heavy (non-hydrogen) atoms. The summed E-state index contributed by atoms with van der Waals surface area (Å²) in [7, 11) is 0. The molecule has 1 aromatic rings. The number of rotatable bonds is 7. The second-order valence-corrected chi connectivity index (χ2v) is 9.93. The topological polar surface area (TPSA) is 75.6 Å². The molecule has 0 radical (unpaired) electrons. The summed E-state index contributed by atoms with van der Waals surface area (Å²) in [6.07, 6.45) is 9.84. The summed E-state index contributed by atoms with van der Waals surface area (Å²) in [6, 6.07) is 2.91. The predicted molar refractivity (Wildman–Crippen MR) is 104 cm³/mol. The van der Waals surface area contributed by atoms with Crippen LogP contribution in [0.1, 0.15) is 73.2 Å². The van der Waals surface area contributed by atoms with Crippen molar-refractivity contribution in [3.63, 3.8) is 0 Å². The summed E-state index contributed by atoms with van der Waals surface area (Å²) in [5, 5.41) is 11.0. The minimum absolute atomic E-state index is 0.102. The zero-order chi connectivity index (χ0) is 20.2. The van der Waals surface area contributed by atoms with Crippen LogP contribution >= 0.6 is 0 Å². The number of carbonyl (C=O) groups is 2. The molecule has 0 aliphatic heterocycles. The lowest BCUT2D eigenvalue weighted by atomic mass is 9.50. The van der Waals surface area contributed by atoms with Crippen LogP contribution in [0, 0.1) is 29.0 Å². The first kappa shape index (κ1) is 18.9. The smallest absolute Gasteiger partial charge is 0.322 e. The van der Waals surface area contributed by atoms with Gasteiger partial charge in [-0.05, 0) is 86.7 Å². The number of carboxylic acid groups (broad SMARTS) is 1. The highest BCUT2D eigenvalue weighted by Crippen LogP contribution is 2.60. The van der Waals surface area contributed by atoms with Crippen molar-refractivity contribution in [3.05, 3.63) is 29.1 Å². The van der Waals surface area contributed by atoms with E-state index in [1.54, 1.807) is 6.07 Å². The average molecular weight is 401 g/mol. The predicted octanol–water partition coefficient (Wildman–Crippen LogP) is 4.11. The lowest BCUT2D eigenvalue weighted by molar-refractivity contribution is -0.135. The van der Waals surface area contributed by atoms with Crippen LogP contribution in [0.5, 0.6) is 5.75 Å². The van der Waals surface area contributed by atoms with Gasteiger partial charge in [0.15, 0.2) is 0 Å². The van der Waals surface area contributed by atoms with E-state index in [9.17, 15) is 14.0 Å². The van der Waals surface area contributed by atoms with Gasteiger partial charge in [0.05, 0.1) is 12.2 Å². The third-order valence-corrected chi connectivity index (χ3v) is 7.46. The van der Waals surface area contributed by atoms with Gasteiger partial charge < -0.3 is 15.2 Å². The van der Waals surface area contributed by atoms with Crippen molar-refractivity contribution < 1.29 is 23.8 Å². The van der Waals surface area contributed by atoms with E-state index in [4.69, 9.17) is 9.84 Å². The zero-order valence-corrected chi connectivity index (χ0v) is 16.6. The number of hydrogen-bond donors (Lipinski definition) is 2. The molecule has 5 aliphatic rings. The Morgan fingerprint density at radius 1 is 1.10 bits per heavy atom. The Morgan fingerprint density at radius 2 is 1.72 bits per heavy atom. The van der Waals surface area contributed by atoms with Gasteiger partial charge in [0, 0.05) is 11.5 Å². The fourth-order valence-electron chi connectivity index (χ4n) is 6.53. The van der Waals surface area contributed by atoms with Gasteiger partial charge in [-0.15, -0.1) is 0 Å². The summed E-state index contributed by atoms with van der Waals surface area (Å²) < 4.78 is 21.0. The van der Waals surface area contributed by atoms with Crippen LogP contribution in [0.25, 0.3) is 0 Å². The number of hydrogen-bond acceptors (Lipinski definition) is 3. The van der Waals surface area contributed by atoms with E-state index in [1.165, 1.54) is 44.6 Å². The van der Waals surface area contributed by atoms with Crippen LogP contribution in [0.4, 0.5) is 4.39 Å². The first-order chi connectivity index (χ1) is 13.9. The molecule has 0 atom stereocenters. The van der Waals surface area contributed by atoms with Crippen molar-refractivity contribution in [3.8, 4) is 5.75 Å². The third-order valence-electron chi connectivity index (χ3n) is 7.46.